The first kappa shape index (κ1) is 18.9. The lowest BCUT2D eigenvalue weighted by atomic mass is 10.2. The van der Waals surface area contributed by atoms with E-state index < -0.39 is 23.7 Å². The predicted molar refractivity (Wildman–Crippen MR) is 94.5 cm³/mol. The highest BCUT2D eigenvalue weighted by Crippen LogP contribution is 2.34. The fourth-order valence-electron chi connectivity index (χ4n) is 2.47. The van der Waals surface area contributed by atoms with Gasteiger partial charge in [0.1, 0.15) is 11.6 Å². The average Bonchev–Trinajstić information content (AvgIpc) is 2.91. The summed E-state index contributed by atoms with van der Waals surface area (Å²) in [7, 11) is 1.33. The van der Waals surface area contributed by atoms with E-state index in [-0.39, 0.29) is 5.25 Å². The number of halogens is 1. The molecule has 1 amide bonds. The van der Waals surface area contributed by atoms with Crippen LogP contribution in [0, 0.1) is 0 Å². The maximum absolute atomic E-state index is 12.4. The maximum Gasteiger partial charge on any atom is 0.411 e. The fraction of sp³-hybridized carbons (Fsp3) is 0.529. The van der Waals surface area contributed by atoms with Gasteiger partial charge in [-0.2, -0.15) is 0 Å². The number of ether oxygens (including phenoxy) is 2. The van der Waals surface area contributed by atoms with E-state index in [2.05, 4.69) is 0 Å². The van der Waals surface area contributed by atoms with E-state index in [1.54, 1.807) is 32.5 Å². The van der Waals surface area contributed by atoms with Crippen molar-refractivity contribution in [3.05, 3.63) is 29.3 Å². The number of thioether (sulfide) groups is 1. The van der Waals surface area contributed by atoms with Crippen molar-refractivity contribution in [1.82, 2.24) is 4.90 Å². The first-order valence-electron chi connectivity index (χ1n) is 7.69. The zero-order chi connectivity index (χ0) is 17.9. The Labute approximate surface area is 151 Å². The van der Waals surface area contributed by atoms with Crippen LogP contribution in [0.5, 0.6) is 0 Å². The molecule has 1 fully saturated rings. The molecule has 1 aromatic carbocycles. The van der Waals surface area contributed by atoms with Crippen molar-refractivity contribution in [1.29, 1.82) is 0 Å². The quantitative estimate of drug-likeness (QED) is 0.752. The lowest BCUT2D eigenvalue weighted by Gasteiger charge is -2.27. The number of methoxy groups -OCH3 is 1. The molecule has 1 heterocycles. The third-order valence-corrected chi connectivity index (χ3v) is 4.95. The minimum atomic E-state index is -0.616. The Kier molecular flexibility index (Phi) is 6.04. The minimum absolute atomic E-state index is 0.0859. The lowest BCUT2D eigenvalue weighted by molar-refractivity contribution is -0.145. The van der Waals surface area contributed by atoms with Crippen LogP contribution in [0.15, 0.2) is 29.2 Å². The zero-order valence-corrected chi connectivity index (χ0v) is 15.8. The van der Waals surface area contributed by atoms with Crippen LogP contribution in [0.1, 0.15) is 27.2 Å². The van der Waals surface area contributed by atoms with Gasteiger partial charge >= 0.3 is 12.1 Å². The Hall–Kier alpha value is -1.40. The molecule has 24 heavy (non-hydrogen) atoms. The van der Waals surface area contributed by atoms with Gasteiger partial charge in [-0.05, 0) is 51.5 Å². The van der Waals surface area contributed by atoms with Crippen molar-refractivity contribution in [2.75, 3.05) is 13.7 Å². The Bertz CT molecular complexity index is 600. The summed E-state index contributed by atoms with van der Waals surface area (Å²) in [6, 6.07) is 6.88. The number of nitrogens with zero attached hydrogens (tertiary/aromatic N) is 1. The van der Waals surface area contributed by atoms with Gasteiger partial charge < -0.3 is 9.47 Å². The average molecular weight is 372 g/mol. The van der Waals surface area contributed by atoms with Crippen LogP contribution >= 0.6 is 23.4 Å². The second-order valence-electron chi connectivity index (χ2n) is 6.60. The van der Waals surface area contributed by atoms with Crippen molar-refractivity contribution >= 4 is 35.4 Å². The highest BCUT2D eigenvalue weighted by molar-refractivity contribution is 8.00. The van der Waals surface area contributed by atoms with E-state index in [9.17, 15) is 9.59 Å². The molecule has 0 radical (unpaired) electrons. The lowest BCUT2D eigenvalue weighted by Crippen LogP contribution is -2.43. The molecule has 1 aromatic rings. The fourth-order valence-corrected chi connectivity index (χ4v) is 3.79. The Morgan fingerprint density at radius 1 is 1.25 bits per heavy atom. The molecule has 1 aliphatic heterocycles. The molecule has 0 saturated carbocycles. The van der Waals surface area contributed by atoms with E-state index >= 15 is 0 Å². The molecular formula is C17H22ClNO4S. The molecule has 7 heteroatoms. The molecule has 1 aliphatic rings. The van der Waals surface area contributed by atoms with E-state index in [4.69, 9.17) is 21.1 Å². The number of hydrogen-bond acceptors (Lipinski definition) is 5. The largest absolute Gasteiger partial charge is 0.467 e. The molecule has 2 atom stereocenters. The number of carbonyl (C=O) groups excluding carboxylic acids is 2. The Balaban J connectivity index is 2.09. The van der Waals surface area contributed by atoms with E-state index in [0.29, 0.717) is 18.0 Å². The molecule has 0 unspecified atom stereocenters. The van der Waals surface area contributed by atoms with Crippen LogP contribution in [0.3, 0.4) is 0 Å². The summed E-state index contributed by atoms with van der Waals surface area (Å²) in [5.74, 6) is -0.417. The molecule has 5 nitrogen and oxygen atoms in total. The summed E-state index contributed by atoms with van der Waals surface area (Å²) in [5, 5.41) is 0.761. The van der Waals surface area contributed by atoms with Crippen molar-refractivity contribution in [2.24, 2.45) is 0 Å². The second-order valence-corrected chi connectivity index (χ2v) is 8.41. The molecule has 0 bridgehead atoms. The van der Waals surface area contributed by atoms with Crippen molar-refractivity contribution in [3.8, 4) is 0 Å². The molecule has 2 rings (SSSR count). The van der Waals surface area contributed by atoms with Crippen LogP contribution in [0.25, 0.3) is 0 Å². The van der Waals surface area contributed by atoms with Crippen molar-refractivity contribution < 1.29 is 19.1 Å². The standard InChI is InChI=1S/C17H22ClNO4S/c1-17(2,3)23-16(21)19-10-13(9-14(19)15(20)22-4)24-12-7-5-11(18)6-8-12/h5-8,13-14H,9-10H2,1-4H3/t13-,14+/m1/s1. The second kappa shape index (κ2) is 7.66. The number of carbonyl (C=O) groups is 2. The summed E-state index contributed by atoms with van der Waals surface area (Å²) >= 11 is 7.51. The summed E-state index contributed by atoms with van der Waals surface area (Å²) in [4.78, 5) is 26.9. The van der Waals surface area contributed by atoms with Gasteiger partial charge in [-0.1, -0.05) is 11.6 Å². The first-order chi connectivity index (χ1) is 11.2. The van der Waals surface area contributed by atoms with Crippen molar-refractivity contribution in [2.45, 2.75) is 49.0 Å². The number of benzene rings is 1. The van der Waals surface area contributed by atoms with Gasteiger partial charge in [-0.25, -0.2) is 9.59 Å². The van der Waals surface area contributed by atoms with Gasteiger partial charge in [0.25, 0.3) is 0 Å². The third kappa shape index (κ3) is 5.05. The molecule has 0 spiro atoms. The first-order valence-corrected chi connectivity index (χ1v) is 8.95. The Morgan fingerprint density at radius 3 is 2.42 bits per heavy atom. The summed E-state index contributed by atoms with van der Waals surface area (Å²) < 4.78 is 10.3. The molecule has 132 valence electrons. The van der Waals surface area contributed by atoms with E-state index in [0.717, 1.165) is 4.90 Å². The van der Waals surface area contributed by atoms with E-state index in [1.807, 2.05) is 24.3 Å². The number of hydrogen-bond donors (Lipinski definition) is 0. The SMILES string of the molecule is COC(=O)[C@@H]1C[C@@H](Sc2ccc(Cl)cc2)CN1C(=O)OC(C)(C)C. The summed E-state index contributed by atoms with van der Waals surface area (Å²) in [5.41, 5.74) is -0.612. The highest BCUT2D eigenvalue weighted by atomic mass is 35.5. The van der Waals surface area contributed by atoms with Gasteiger partial charge in [0.05, 0.1) is 7.11 Å². The highest BCUT2D eigenvalue weighted by Gasteiger charge is 2.42. The zero-order valence-electron chi connectivity index (χ0n) is 14.2. The molecular weight excluding hydrogens is 350 g/mol. The monoisotopic (exact) mass is 371 g/mol. The van der Waals surface area contributed by atoms with Gasteiger partial charge in [0, 0.05) is 21.7 Å². The normalized spacial score (nSPS) is 20.8. The van der Waals surface area contributed by atoms with Crippen molar-refractivity contribution in [3.63, 3.8) is 0 Å². The summed E-state index contributed by atoms with van der Waals surface area (Å²) in [6.45, 7) is 5.83. The van der Waals surface area contributed by atoms with Crippen LogP contribution in [0.4, 0.5) is 4.79 Å². The number of amides is 1. The molecule has 0 aliphatic carbocycles. The topological polar surface area (TPSA) is 55.8 Å². The van der Waals surface area contributed by atoms with Gasteiger partial charge in [0.15, 0.2) is 0 Å². The van der Waals surface area contributed by atoms with Gasteiger partial charge in [0.2, 0.25) is 0 Å². The minimum Gasteiger partial charge on any atom is -0.467 e. The van der Waals surface area contributed by atoms with Gasteiger partial charge in [-0.3, -0.25) is 4.90 Å². The molecule has 0 N–H and O–H groups in total. The maximum atomic E-state index is 12.4. The van der Waals surface area contributed by atoms with Crippen LogP contribution in [0.2, 0.25) is 5.02 Å². The smallest absolute Gasteiger partial charge is 0.411 e. The predicted octanol–water partition coefficient (Wildman–Crippen LogP) is 3.98. The summed E-state index contributed by atoms with van der Waals surface area (Å²) in [6.07, 6.45) is 0.0382. The number of esters is 1. The molecule has 1 saturated heterocycles. The van der Waals surface area contributed by atoms with Crippen LogP contribution < -0.4 is 0 Å². The van der Waals surface area contributed by atoms with Gasteiger partial charge in [-0.15, -0.1) is 11.8 Å². The number of rotatable bonds is 3. The third-order valence-electron chi connectivity index (χ3n) is 3.48. The van der Waals surface area contributed by atoms with E-state index in [1.165, 1.54) is 12.0 Å². The number of likely N-dealkylation sites (tertiary alicyclic amines) is 1. The van der Waals surface area contributed by atoms with Crippen LogP contribution in [-0.4, -0.2) is 47.5 Å². The van der Waals surface area contributed by atoms with Crippen LogP contribution in [-0.2, 0) is 14.3 Å². The molecule has 0 aromatic heterocycles. The Morgan fingerprint density at radius 2 is 1.88 bits per heavy atom.